The first-order valence-corrected chi connectivity index (χ1v) is 26.2. The molecule has 0 aromatic rings. The van der Waals surface area contributed by atoms with Gasteiger partial charge >= 0.3 is 19.8 Å². The van der Waals surface area contributed by atoms with Crippen LogP contribution in [0.5, 0.6) is 0 Å². The highest BCUT2D eigenvalue weighted by Crippen LogP contribution is 2.47. The van der Waals surface area contributed by atoms with Crippen LogP contribution in [0.25, 0.3) is 0 Å². The Bertz CT molecular complexity index is 1350. The van der Waals surface area contributed by atoms with Crippen molar-refractivity contribution in [1.29, 1.82) is 0 Å². The molecule has 14 heteroatoms. The van der Waals surface area contributed by atoms with E-state index in [0.29, 0.717) is 19.3 Å². The molecule has 0 bridgehead atoms. The van der Waals surface area contributed by atoms with Gasteiger partial charge in [-0.05, 0) is 25.7 Å². The molecular formula is C50H87O13P. The highest BCUT2D eigenvalue weighted by molar-refractivity contribution is 7.47. The number of hydrogen-bond donors (Lipinski definition) is 6. The Hall–Kier alpha value is -2.45. The van der Waals surface area contributed by atoms with Crippen molar-refractivity contribution < 1.29 is 63.1 Å². The van der Waals surface area contributed by atoms with E-state index in [-0.39, 0.29) is 12.8 Å². The number of unbranched alkanes of at least 4 members (excludes halogenated alkanes) is 22. The molecule has 0 radical (unpaired) electrons. The quantitative estimate of drug-likeness (QED) is 0.0146. The molecule has 1 saturated carbocycles. The Labute approximate surface area is 385 Å². The average molecular weight is 927 g/mol. The van der Waals surface area contributed by atoms with Gasteiger partial charge in [0.05, 0.1) is 6.61 Å². The number of carbonyl (C=O) groups excluding carboxylic acids is 2. The minimum absolute atomic E-state index is 0.000199. The van der Waals surface area contributed by atoms with E-state index in [0.717, 1.165) is 25.7 Å². The number of esters is 2. The minimum Gasteiger partial charge on any atom is -0.462 e. The Morgan fingerprint density at radius 2 is 0.891 bits per heavy atom. The number of phosphoric ester groups is 1. The van der Waals surface area contributed by atoms with E-state index in [2.05, 4.69) is 19.9 Å². The standard InChI is InChI=1S/C50H87O13P/c1-3-5-7-9-11-13-15-17-18-19-20-21-22-23-24-25-27-28-30-32-34-36-38-43(51)60-40-42(41-61-64(58,59)63-50-48(56)46(54)45(53)47(55)49(50)57)62-44(52)39-37-35-33-31-29-26-16-14-12-10-8-6-4-2/h6,8,10,12,14,16,26,29,31,33,42,45-50,53-57H,3-5,7,9,11,13,15,17-25,27-28,30,32,34-41H2,1-2H3,(H,58,59)/b8-6+,12-10+,16-14+,29-26+,33-31+/t42?,45?,46-,47?,48?,49?,50?/m0/s1. The third-order valence-corrected chi connectivity index (χ3v) is 12.2. The van der Waals surface area contributed by atoms with Crippen molar-refractivity contribution in [3.8, 4) is 0 Å². The molecule has 1 aliphatic rings. The molecule has 0 heterocycles. The summed E-state index contributed by atoms with van der Waals surface area (Å²) >= 11 is 0. The monoisotopic (exact) mass is 927 g/mol. The molecular weight excluding hydrogens is 840 g/mol. The zero-order valence-electron chi connectivity index (χ0n) is 39.3. The fourth-order valence-corrected chi connectivity index (χ4v) is 8.29. The maximum absolute atomic E-state index is 12.8. The van der Waals surface area contributed by atoms with Gasteiger partial charge in [0.15, 0.2) is 6.10 Å². The third-order valence-electron chi connectivity index (χ3n) is 11.3. The van der Waals surface area contributed by atoms with Crippen LogP contribution in [-0.2, 0) is 32.7 Å². The molecule has 0 aromatic heterocycles. The van der Waals surface area contributed by atoms with E-state index < -0.39 is 75.7 Å². The molecule has 0 aromatic carbocycles. The lowest BCUT2D eigenvalue weighted by molar-refractivity contribution is -0.220. The van der Waals surface area contributed by atoms with Crippen molar-refractivity contribution in [3.05, 3.63) is 60.8 Å². The molecule has 0 aliphatic heterocycles. The highest BCUT2D eigenvalue weighted by atomic mass is 31.2. The second-order valence-corrected chi connectivity index (χ2v) is 18.5. The van der Waals surface area contributed by atoms with Crippen molar-refractivity contribution in [2.24, 2.45) is 0 Å². The molecule has 13 nitrogen and oxygen atoms in total. The van der Waals surface area contributed by atoms with Gasteiger partial charge in [-0.25, -0.2) is 4.57 Å². The van der Waals surface area contributed by atoms with Gasteiger partial charge in [-0.2, -0.15) is 0 Å². The topological polar surface area (TPSA) is 210 Å². The van der Waals surface area contributed by atoms with Gasteiger partial charge < -0.3 is 39.9 Å². The van der Waals surface area contributed by atoms with Crippen LogP contribution in [0.2, 0.25) is 0 Å². The van der Waals surface area contributed by atoms with Crippen LogP contribution in [0.15, 0.2) is 60.8 Å². The number of rotatable bonds is 40. The number of carbonyl (C=O) groups is 2. The number of hydrogen-bond acceptors (Lipinski definition) is 12. The number of ether oxygens (including phenoxy) is 2. The summed E-state index contributed by atoms with van der Waals surface area (Å²) < 4.78 is 33.5. The van der Waals surface area contributed by atoms with E-state index in [1.165, 1.54) is 116 Å². The van der Waals surface area contributed by atoms with Crippen LogP contribution in [0, 0.1) is 0 Å². The van der Waals surface area contributed by atoms with Gasteiger partial charge in [-0.1, -0.05) is 209 Å². The second kappa shape index (κ2) is 39.7. The zero-order valence-corrected chi connectivity index (χ0v) is 40.2. The lowest BCUT2D eigenvalue weighted by atomic mass is 9.85. The molecule has 370 valence electrons. The Balaban J connectivity index is 2.40. The van der Waals surface area contributed by atoms with E-state index in [4.69, 9.17) is 18.5 Å². The summed E-state index contributed by atoms with van der Waals surface area (Å²) in [7, 11) is -5.14. The van der Waals surface area contributed by atoms with Crippen molar-refractivity contribution >= 4 is 19.8 Å². The summed E-state index contributed by atoms with van der Waals surface area (Å²) in [5.41, 5.74) is 0. The van der Waals surface area contributed by atoms with Crippen molar-refractivity contribution in [2.45, 2.75) is 230 Å². The summed E-state index contributed by atoms with van der Waals surface area (Å²) in [6.45, 7) is 3.11. The molecule has 0 amide bonds. The largest absolute Gasteiger partial charge is 0.472 e. The first kappa shape index (κ1) is 59.6. The van der Waals surface area contributed by atoms with Crippen molar-refractivity contribution in [1.82, 2.24) is 0 Å². The zero-order chi connectivity index (χ0) is 47.1. The highest BCUT2D eigenvalue weighted by Gasteiger charge is 2.51. The first-order valence-electron chi connectivity index (χ1n) is 24.7. The Morgan fingerprint density at radius 3 is 1.34 bits per heavy atom. The molecule has 8 atom stereocenters. The van der Waals surface area contributed by atoms with E-state index in [9.17, 15) is 44.6 Å². The fraction of sp³-hybridized carbons (Fsp3) is 0.760. The van der Waals surface area contributed by atoms with Crippen LogP contribution in [0.3, 0.4) is 0 Å². The smallest absolute Gasteiger partial charge is 0.462 e. The summed E-state index contributed by atoms with van der Waals surface area (Å²) in [6.07, 6.45) is 35.9. The average Bonchev–Trinajstić information content (AvgIpc) is 3.28. The molecule has 64 heavy (non-hydrogen) atoms. The van der Waals surface area contributed by atoms with Gasteiger partial charge in [0, 0.05) is 12.8 Å². The van der Waals surface area contributed by atoms with Crippen LogP contribution in [0.4, 0.5) is 0 Å². The predicted octanol–water partition coefficient (Wildman–Crippen LogP) is 10.1. The van der Waals surface area contributed by atoms with Crippen LogP contribution in [0.1, 0.15) is 187 Å². The molecule has 6 N–H and O–H groups in total. The summed E-state index contributed by atoms with van der Waals surface area (Å²) in [4.78, 5) is 35.7. The lowest BCUT2D eigenvalue weighted by Crippen LogP contribution is -2.64. The van der Waals surface area contributed by atoms with Gasteiger partial charge in [-0.15, -0.1) is 0 Å². The maximum Gasteiger partial charge on any atom is 0.472 e. The van der Waals surface area contributed by atoms with Gasteiger partial charge in [-0.3, -0.25) is 18.6 Å². The van der Waals surface area contributed by atoms with E-state index in [1.807, 2.05) is 54.7 Å². The number of aliphatic hydroxyl groups excluding tert-OH is 5. The van der Waals surface area contributed by atoms with Gasteiger partial charge in [0.1, 0.15) is 43.2 Å². The van der Waals surface area contributed by atoms with Crippen LogP contribution >= 0.6 is 7.82 Å². The first-order chi connectivity index (χ1) is 30.9. The number of aliphatic hydroxyl groups is 5. The predicted molar refractivity (Wildman–Crippen MR) is 253 cm³/mol. The van der Waals surface area contributed by atoms with Crippen LogP contribution < -0.4 is 0 Å². The second-order valence-electron chi connectivity index (χ2n) is 17.1. The number of allylic oxidation sites excluding steroid dienone is 10. The molecule has 0 spiro atoms. The fourth-order valence-electron chi connectivity index (χ4n) is 7.32. The van der Waals surface area contributed by atoms with E-state index in [1.54, 1.807) is 0 Å². The summed E-state index contributed by atoms with van der Waals surface area (Å²) in [5.74, 6) is -1.18. The lowest BCUT2D eigenvalue weighted by Gasteiger charge is -2.41. The van der Waals surface area contributed by atoms with Gasteiger partial charge in [0.2, 0.25) is 0 Å². The summed E-state index contributed by atoms with van der Waals surface area (Å²) in [5, 5.41) is 50.2. The van der Waals surface area contributed by atoms with Crippen LogP contribution in [-0.4, -0.2) is 98.3 Å². The van der Waals surface area contributed by atoms with Crippen molar-refractivity contribution in [2.75, 3.05) is 13.2 Å². The van der Waals surface area contributed by atoms with Gasteiger partial charge in [0.25, 0.3) is 0 Å². The van der Waals surface area contributed by atoms with Crippen molar-refractivity contribution in [3.63, 3.8) is 0 Å². The molecule has 0 saturated heterocycles. The van der Waals surface area contributed by atoms with E-state index >= 15 is 0 Å². The summed E-state index contributed by atoms with van der Waals surface area (Å²) in [6, 6.07) is 0. The minimum atomic E-state index is -5.14. The molecule has 1 fully saturated rings. The Kier molecular flexibility index (Phi) is 36.9. The number of phosphoric acid groups is 1. The molecule has 7 unspecified atom stereocenters. The SMILES string of the molecule is CC/C=C/C=C/C=C/C=C/C=C/CCCC(=O)OC(COC(=O)CCCCCCCCCCCCCCCCCCCCCCCC)COP(=O)(O)OC1C(O)C(O)C(O)[C@H](O)C1O. The molecule has 1 aliphatic carbocycles. The Morgan fingerprint density at radius 1 is 0.500 bits per heavy atom. The molecule has 1 rings (SSSR count). The normalized spacial score (nSPS) is 22.1. The third kappa shape index (κ3) is 31.5. The maximum atomic E-state index is 12.8.